The molecule has 4 heteroatoms. The summed E-state index contributed by atoms with van der Waals surface area (Å²) in [5.74, 6) is -0.0580. The first-order valence-electron chi connectivity index (χ1n) is 7.35. The van der Waals surface area contributed by atoms with E-state index in [4.69, 9.17) is 5.11 Å². The Balaban J connectivity index is 2.59. The molecule has 0 atom stereocenters. The summed E-state index contributed by atoms with van der Waals surface area (Å²) in [7, 11) is 0. The van der Waals surface area contributed by atoms with Gasteiger partial charge in [-0.2, -0.15) is 0 Å². The minimum absolute atomic E-state index is 0.0580. The Labute approximate surface area is 121 Å². The van der Waals surface area contributed by atoms with Crippen LogP contribution in [-0.4, -0.2) is 35.6 Å². The van der Waals surface area contributed by atoms with Gasteiger partial charge in [-0.15, -0.1) is 0 Å². The molecule has 0 spiro atoms. The van der Waals surface area contributed by atoms with Gasteiger partial charge in [0, 0.05) is 25.7 Å². The summed E-state index contributed by atoms with van der Waals surface area (Å²) in [6, 6.07) is 7.88. The lowest BCUT2D eigenvalue weighted by molar-refractivity contribution is -0.114. The highest BCUT2D eigenvalue weighted by molar-refractivity contribution is 5.88. The Morgan fingerprint density at radius 1 is 1.30 bits per heavy atom. The molecule has 0 fully saturated rings. The van der Waals surface area contributed by atoms with Gasteiger partial charge in [0.05, 0.1) is 6.61 Å². The van der Waals surface area contributed by atoms with Gasteiger partial charge in [0.1, 0.15) is 0 Å². The molecule has 4 nitrogen and oxygen atoms in total. The van der Waals surface area contributed by atoms with Gasteiger partial charge in [-0.3, -0.25) is 9.69 Å². The Morgan fingerprint density at radius 2 is 2.10 bits per heavy atom. The van der Waals surface area contributed by atoms with Crippen molar-refractivity contribution in [2.45, 2.75) is 39.7 Å². The van der Waals surface area contributed by atoms with Gasteiger partial charge in [0.15, 0.2) is 0 Å². The number of hydrogen-bond donors (Lipinski definition) is 2. The molecule has 0 aliphatic rings. The van der Waals surface area contributed by atoms with E-state index in [1.54, 1.807) is 0 Å². The SMILES string of the molecule is CCCCCN(CCO)Cc1cccc(NC(C)=O)c1. The highest BCUT2D eigenvalue weighted by Crippen LogP contribution is 2.13. The van der Waals surface area contributed by atoms with Crippen LogP contribution in [-0.2, 0) is 11.3 Å². The number of nitrogens with zero attached hydrogens (tertiary/aromatic N) is 1. The smallest absolute Gasteiger partial charge is 0.221 e. The summed E-state index contributed by atoms with van der Waals surface area (Å²) in [5, 5.41) is 11.9. The zero-order valence-electron chi connectivity index (χ0n) is 12.6. The largest absolute Gasteiger partial charge is 0.395 e. The predicted molar refractivity (Wildman–Crippen MR) is 82.6 cm³/mol. The number of carbonyl (C=O) groups is 1. The molecule has 20 heavy (non-hydrogen) atoms. The Morgan fingerprint density at radius 3 is 2.75 bits per heavy atom. The van der Waals surface area contributed by atoms with Crippen molar-refractivity contribution in [3.63, 3.8) is 0 Å². The van der Waals surface area contributed by atoms with Crippen molar-refractivity contribution in [2.75, 3.05) is 25.0 Å². The summed E-state index contributed by atoms with van der Waals surface area (Å²) in [4.78, 5) is 13.3. The van der Waals surface area contributed by atoms with Gasteiger partial charge in [-0.25, -0.2) is 0 Å². The van der Waals surface area contributed by atoms with E-state index < -0.39 is 0 Å². The van der Waals surface area contributed by atoms with Crippen LogP contribution in [0.2, 0.25) is 0 Å². The Bertz CT molecular complexity index is 407. The molecule has 0 heterocycles. The standard InChI is InChI=1S/C16H26N2O2/c1-3-4-5-9-18(10-11-19)13-15-7-6-8-16(12-15)17-14(2)20/h6-8,12,19H,3-5,9-11,13H2,1-2H3,(H,17,20). The third-order valence-corrected chi connectivity index (χ3v) is 3.15. The molecule has 0 aliphatic carbocycles. The maximum Gasteiger partial charge on any atom is 0.221 e. The number of benzene rings is 1. The van der Waals surface area contributed by atoms with Gasteiger partial charge in [-0.05, 0) is 30.7 Å². The minimum atomic E-state index is -0.0580. The maximum absolute atomic E-state index is 11.1. The number of aliphatic hydroxyl groups is 1. The molecule has 1 aromatic rings. The van der Waals surface area contributed by atoms with Crippen molar-refractivity contribution >= 4 is 11.6 Å². The normalized spacial score (nSPS) is 10.8. The van der Waals surface area contributed by atoms with Crippen molar-refractivity contribution in [1.82, 2.24) is 4.90 Å². The van der Waals surface area contributed by atoms with E-state index in [0.717, 1.165) is 30.8 Å². The number of unbranched alkanes of at least 4 members (excludes halogenated alkanes) is 2. The lowest BCUT2D eigenvalue weighted by atomic mass is 10.1. The van der Waals surface area contributed by atoms with Gasteiger partial charge in [-0.1, -0.05) is 31.9 Å². The predicted octanol–water partition coefficient (Wildman–Crippen LogP) is 2.63. The van der Waals surface area contributed by atoms with Crippen LogP contribution in [0, 0.1) is 0 Å². The van der Waals surface area contributed by atoms with E-state index in [1.807, 2.05) is 18.2 Å². The van der Waals surface area contributed by atoms with Crippen LogP contribution >= 0.6 is 0 Å². The third kappa shape index (κ3) is 6.68. The van der Waals surface area contributed by atoms with Crippen LogP contribution in [0.15, 0.2) is 24.3 Å². The van der Waals surface area contributed by atoms with E-state index in [-0.39, 0.29) is 12.5 Å². The van der Waals surface area contributed by atoms with Crippen molar-refractivity contribution in [3.8, 4) is 0 Å². The number of rotatable bonds is 9. The van der Waals surface area contributed by atoms with Gasteiger partial charge in [0.25, 0.3) is 0 Å². The van der Waals surface area contributed by atoms with E-state index in [2.05, 4.69) is 23.2 Å². The number of amides is 1. The molecule has 112 valence electrons. The minimum Gasteiger partial charge on any atom is -0.395 e. The average Bonchev–Trinajstić information content (AvgIpc) is 2.39. The molecule has 1 amide bonds. The quantitative estimate of drug-likeness (QED) is 0.683. The van der Waals surface area contributed by atoms with Crippen LogP contribution in [0.1, 0.15) is 38.7 Å². The van der Waals surface area contributed by atoms with Crippen LogP contribution in [0.3, 0.4) is 0 Å². The number of nitrogens with one attached hydrogen (secondary N) is 1. The van der Waals surface area contributed by atoms with E-state index in [1.165, 1.54) is 19.8 Å². The molecular weight excluding hydrogens is 252 g/mol. The van der Waals surface area contributed by atoms with Gasteiger partial charge < -0.3 is 10.4 Å². The zero-order chi connectivity index (χ0) is 14.8. The summed E-state index contributed by atoms with van der Waals surface area (Å²) < 4.78 is 0. The molecular formula is C16H26N2O2. The summed E-state index contributed by atoms with van der Waals surface area (Å²) in [6.07, 6.45) is 3.57. The average molecular weight is 278 g/mol. The van der Waals surface area contributed by atoms with E-state index in [9.17, 15) is 4.79 Å². The van der Waals surface area contributed by atoms with Crippen LogP contribution < -0.4 is 5.32 Å². The lowest BCUT2D eigenvalue weighted by Crippen LogP contribution is -2.27. The fourth-order valence-corrected chi connectivity index (χ4v) is 2.21. The Hall–Kier alpha value is -1.39. The van der Waals surface area contributed by atoms with Crippen molar-refractivity contribution < 1.29 is 9.90 Å². The second-order valence-electron chi connectivity index (χ2n) is 5.09. The number of anilines is 1. The topological polar surface area (TPSA) is 52.6 Å². The third-order valence-electron chi connectivity index (χ3n) is 3.15. The maximum atomic E-state index is 11.1. The second-order valence-corrected chi connectivity index (χ2v) is 5.09. The van der Waals surface area contributed by atoms with E-state index in [0.29, 0.717) is 6.54 Å². The monoisotopic (exact) mass is 278 g/mol. The highest BCUT2D eigenvalue weighted by Gasteiger charge is 2.06. The molecule has 0 radical (unpaired) electrons. The first-order valence-corrected chi connectivity index (χ1v) is 7.35. The molecule has 0 saturated carbocycles. The second kappa shape index (κ2) is 9.50. The molecule has 0 aliphatic heterocycles. The fraction of sp³-hybridized carbons (Fsp3) is 0.562. The van der Waals surface area contributed by atoms with Crippen molar-refractivity contribution in [3.05, 3.63) is 29.8 Å². The highest BCUT2D eigenvalue weighted by atomic mass is 16.3. The van der Waals surface area contributed by atoms with Gasteiger partial charge >= 0.3 is 0 Å². The molecule has 2 N–H and O–H groups in total. The molecule has 0 aromatic heterocycles. The molecule has 0 bridgehead atoms. The number of aliphatic hydroxyl groups excluding tert-OH is 1. The van der Waals surface area contributed by atoms with Crippen molar-refractivity contribution in [2.24, 2.45) is 0 Å². The lowest BCUT2D eigenvalue weighted by Gasteiger charge is -2.21. The first kappa shape index (κ1) is 16.7. The Kier molecular flexibility index (Phi) is 7.92. The van der Waals surface area contributed by atoms with Crippen molar-refractivity contribution in [1.29, 1.82) is 0 Å². The summed E-state index contributed by atoms with van der Waals surface area (Å²) in [5.41, 5.74) is 1.98. The zero-order valence-corrected chi connectivity index (χ0v) is 12.6. The number of hydrogen-bond acceptors (Lipinski definition) is 3. The van der Waals surface area contributed by atoms with Gasteiger partial charge in [0.2, 0.25) is 5.91 Å². The molecule has 1 aromatic carbocycles. The molecule has 0 unspecified atom stereocenters. The van der Waals surface area contributed by atoms with Crippen LogP contribution in [0.4, 0.5) is 5.69 Å². The van der Waals surface area contributed by atoms with Crippen LogP contribution in [0.5, 0.6) is 0 Å². The van der Waals surface area contributed by atoms with E-state index >= 15 is 0 Å². The molecule has 1 rings (SSSR count). The first-order chi connectivity index (χ1) is 9.65. The summed E-state index contributed by atoms with van der Waals surface area (Å²) >= 11 is 0. The van der Waals surface area contributed by atoms with Crippen LogP contribution in [0.25, 0.3) is 0 Å². The molecule has 0 saturated heterocycles. The summed E-state index contributed by atoms with van der Waals surface area (Å²) in [6.45, 7) is 6.37. The number of carbonyl (C=O) groups excluding carboxylic acids is 1. The fourth-order valence-electron chi connectivity index (χ4n) is 2.21.